The standard InChI is InChI=1S/C14H8N2O10/c17-11-2-1-7(5-8(11)13(19)20)26-14(21)9-3-6(15(22)23)4-10(12(9)18)16(24)25/h1-5,17-18H,(H,19,20). The Kier molecular flexibility index (Phi) is 4.68. The number of nitro benzene ring substituents is 2. The zero-order valence-electron chi connectivity index (χ0n) is 12.5. The number of rotatable bonds is 5. The molecule has 2 aromatic carbocycles. The zero-order valence-corrected chi connectivity index (χ0v) is 12.5. The van der Waals surface area contributed by atoms with Gasteiger partial charge >= 0.3 is 17.6 Å². The summed E-state index contributed by atoms with van der Waals surface area (Å²) in [4.78, 5) is 42.6. The molecule has 12 heteroatoms. The number of esters is 1. The van der Waals surface area contributed by atoms with Crippen molar-refractivity contribution in [3.05, 3.63) is 61.7 Å². The van der Waals surface area contributed by atoms with E-state index in [1.807, 2.05) is 0 Å². The quantitative estimate of drug-likeness (QED) is 0.305. The van der Waals surface area contributed by atoms with Crippen LogP contribution in [0.2, 0.25) is 0 Å². The monoisotopic (exact) mass is 364 g/mol. The number of ether oxygens (including phenoxy) is 1. The number of benzene rings is 2. The summed E-state index contributed by atoms with van der Waals surface area (Å²) in [6.07, 6.45) is 0. The van der Waals surface area contributed by atoms with Crippen LogP contribution < -0.4 is 4.74 Å². The number of nitrogens with zero attached hydrogens (tertiary/aromatic N) is 2. The van der Waals surface area contributed by atoms with E-state index in [4.69, 9.17) is 9.84 Å². The van der Waals surface area contributed by atoms with Crippen molar-refractivity contribution in [2.75, 3.05) is 0 Å². The lowest BCUT2D eigenvalue weighted by atomic mass is 10.1. The molecule has 0 spiro atoms. The van der Waals surface area contributed by atoms with E-state index >= 15 is 0 Å². The van der Waals surface area contributed by atoms with Gasteiger partial charge in [-0.3, -0.25) is 20.2 Å². The van der Waals surface area contributed by atoms with Crippen molar-refractivity contribution in [1.29, 1.82) is 0 Å². The number of carboxylic acids is 1. The number of carbonyl (C=O) groups is 2. The summed E-state index contributed by atoms with van der Waals surface area (Å²) in [5, 5.41) is 49.8. The third-order valence-electron chi connectivity index (χ3n) is 3.11. The molecule has 0 aromatic heterocycles. The summed E-state index contributed by atoms with van der Waals surface area (Å²) in [6, 6.07) is 3.76. The smallest absolute Gasteiger partial charge is 0.347 e. The van der Waals surface area contributed by atoms with E-state index in [0.29, 0.717) is 12.1 Å². The van der Waals surface area contributed by atoms with Crippen molar-refractivity contribution in [2.45, 2.75) is 0 Å². The summed E-state index contributed by atoms with van der Waals surface area (Å²) in [5.41, 5.74) is -3.37. The molecule has 0 heterocycles. The van der Waals surface area contributed by atoms with Gasteiger partial charge in [-0.2, -0.15) is 0 Å². The van der Waals surface area contributed by atoms with E-state index in [2.05, 4.69) is 0 Å². The van der Waals surface area contributed by atoms with Gasteiger partial charge in [0.15, 0.2) is 0 Å². The molecule has 0 saturated carbocycles. The molecule has 0 saturated heterocycles. The molecule has 0 aliphatic heterocycles. The average Bonchev–Trinajstić information content (AvgIpc) is 2.55. The van der Waals surface area contributed by atoms with Gasteiger partial charge in [0.1, 0.15) is 22.6 Å². The van der Waals surface area contributed by atoms with Crippen LogP contribution in [0, 0.1) is 20.2 Å². The molecule has 0 atom stereocenters. The summed E-state index contributed by atoms with van der Waals surface area (Å²) in [6.45, 7) is 0. The Morgan fingerprint density at radius 1 is 0.962 bits per heavy atom. The third kappa shape index (κ3) is 3.48. The van der Waals surface area contributed by atoms with Crippen LogP contribution in [-0.2, 0) is 0 Å². The number of phenolic OH excluding ortho intramolecular Hbond substituents is 1. The van der Waals surface area contributed by atoms with E-state index in [1.165, 1.54) is 0 Å². The first-order valence-electron chi connectivity index (χ1n) is 6.56. The highest BCUT2D eigenvalue weighted by Gasteiger charge is 2.28. The maximum absolute atomic E-state index is 12.1. The molecule has 0 amide bonds. The number of nitro groups is 2. The normalized spacial score (nSPS) is 10.2. The Balaban J connectivity index is 2.47. The summed E-state index contributed by atoms with van der Waals surface area (Å²) in [7, 11) is 0. The molecule has 12 nitrogen and oxygen atoms in total. The van der Waals surface area contributed by atoms with Crippen molar-refractivity contribution >= 4 is 23.3 Å². The minimum absolute atomic E-state index is 0.376. The van der Waals surface area contributed by atoms with Gasteiger partial charge in [-0.1, -0.05) is 0 Å². The number of hydrogen-bond donors (Lipinski definition) is 3. The van der Waals surface area contributed by atoms with Crippen LogP contribution in [0.4, 0.5) is 11.4 Å². The predicted molar refractivity (Wildman–Crippen MR) is 81.4 cm³/mol. The van der Waals surface area contributed by atoms with Gasteiger partial charge in [0.25, 0.3) is 5.69 Å². The second kappa shape index (κ2) is 6.72. The molecule has 0 unspecified atom stereocenters. The van der Waals surface area contributed by atoms with Gasteiger partial charge in [-0.15, -0.1) is 0 Å². The lowest BCUT2D eigenvalue weighted by Crippen LogP contribution is -2.11. The van der Waals surface area contributed by atoms with Crippen molar-refractivity contribution in [2.24, 2.45) is 0 Å². The number of aromatic carboxylic acids is 1. The molecule has 2 rings (SSSR count). The van der Waals surface area contributed by atoms with E-state index < -0.39 is 55.8 Å². The molecule has 0 aliphatic rings. The first-order valence-corrected chi connectivity index (χ1v) is 6.56. The highest BCUT2D eigenvalue weighted by atomic mass is 16.6. The third-order valence-corrected chi connectivity index (χ3v) is 3.11. The minimum atomic E-state index is -1.52. The Morgan fingerprint density at radius 3 is 2.15 bits per heavy atom. The molecule has 0 fully saturated rings. The first-order chi connectivity index (χ1) is 12.1. The predicted octanol–water partition coefficient (Wildman–Crippen LogP) is 1.83. The van der Waals surface area contributed by atoms with Crippen LogP contribution in [0.3, 0.4) is 0 Å². The van der Waals surface area contributed by atoms with Gasteiger partial charge in [-0.25, -0.2) is 9.59 Å². The molecule has 2 aromatic rings. The molecule has 3 N–H and O–H groups in total. The topological polar surface area (TPSA) is 190 Å². The van der Waals surface area contributed by atoms with Crippen LogP contribution in [0.1, 0.15) is 20.7 Å². The number of hydrogen-bond acceptors (Lipinski definition) is 9. The van der Waals surface area contributed by atoms with Crippen LogP contribution >= 0.6 is 0 Å². The summed E-state index contributed by atoms with van der Waals surface area (Å²) < 4.78 is 4.78. The molecular weight excluding hydrogens is 356 g/mol. The van der Waals surface area contributed by atoms with E-state index in [-0.39, 0.29) is 5.75 Å². The van der Waals surface area contributed by atoms with E-state index in [0.717, 1.165) is 18.2 Å². The fourth-order valence-corrected chi connectivity index (χ4v) is 1.92. The molecule has 0 aliphatic carbocycles. The van der Waals surface area contributed by atoms with Gasteiger partial charge in [0.2, 0.25) is 5.75 Å². The van der Waals surface area contributed by atoms with Crippen molar-refractivity contribution < 1.29 is 39.5 Å². The highest BCUT2D eigenvalue weighted by molar-refractivity contribution is 5.97. The lowest BCUT2D eigenvalue weighted by Gasteiger charge is -2.08. The number of carboxylic acid groups (broad SMARTS) is 1. The molecule has 134 valence electrons. The Labute approximate surface area is 142 Å². The van der Waals surface area contributed by atoms with E-state index in [9.17, 15) is 40.0 Å². The summed E-state index contributed by atoms with van der Waals surface area (Å²) >= 11 is 0. The Hall–Kier alpha value is -4.22. The fraction of sp³-hybridized carbons (Fsp3) is 0. The van der Waals surface area contributed by atoms with Crippen LogP contribution in [0.5, 0.6) is 17.2 Å². The fourth-order valence-electron chi connectivity index (χ4n) is 1.92. The number of aromatic hydroxyl groups is 2. The summed E-state index contributed by atoms with van der Waals surface area (Å²) in [5.74, 6) is -5.06. The average molecular weight is 364 g/mol. The number of phenols is 2. The molecule has 0 radical (unpaired) electrons. The van der Waals surface area contributed by atoms with Gasteiger partial charge in [0, 0.05) is 6.07 Å². The first kappa shape index (κ1) is 18.1. The Morgan fingerprint density at radius 2 is 1.62 bits per heavy atom. The van der Waals surface area contributed by atoms with Gasteiger partial charge in [0.05, 0.1) is 15.9 Å². The largest absolute Gasteiger partial charge is 0.507 e. The van der Waals surface area contributed by atoms with Crippen LogP contribution in [0.25, 0.3) is 0 Å². The van der Waals surface area contributed by atoms with Gasteiger partial charge in [-0.05, 0) is 18.2 Å². The molecule has 26 heavy (non-hydrogen) atoms. The van der Waals surface area contributed by atoms with Crippen molar-refractivity contribution in [3.63, 3.8) is 0 Å². The highest BCUT2D eigenvalue weighted by Crippen LogP contribution is 2.35. The zero-order chi connectivity index (χ0) is 19.6. The maximum Gasteiger partial charge on any atom is 0.347 e. The number of carbonyl (C=O) groups excluding carboxylic acids is 1. The lowest BCUT2D eigenvalue weighted by molar-refractivity contribution is -0.394. The van der Waals surface area contributed by atoms with Gasteiger partial charge < -0.3 is 20.1 Å². The minimum Gasteiger partial charge on any atom is -0.507 e. The molecule has 0 bridgehead atoms. The second-order valence-electron chi connectivity index (χ2n) is 4.75. The number of non-ortho nitro benzene ring substituents is 1. The molecular formula is C14H8N2O10. The second-order valence-corrected chi connectivity index (χ2v) is 4.75. The van der Waals surface area contributed by atoms with Crippen LogP contribution in [0.15, 0.2) is 30.3 Å². The SMILES string of the molecule is O=C(O)c1cc(OC(=O)c2cc([N+](=O)[O-])cc([N+](=O)[O-])c2O)ccc1O. The van der Waals surface area contributed by atoms with Crippen molar-refractivity contribution in [1.82, 2.24) is 0 Å². The Bertz CT molecular complexity index is 953. The van der Waals surface area contributed by atoms with Crippen molar-refractivity contribution in [3.8, 4) is 17.2 Å². The van der Waals surface area contributed by atoms with Crippen LogP contribution in [-0.4, -0.2) is 37.1 Å². The van der Waals surface area contributed by atoms with E-state index in [1.54, 1.807) is 0 Å². The maximum atomic E-state index is 12.1.